The first-order chi connectivity index (χ1) is 41.1. The Balaban J connectivity index is 1.00. The minimum absolute atomic E-state index is 0.0303. The summed E-state index contributed by atoms with van der Waals surface area (Å²) in [6.45, 7) is 0. The van der Waals surface area contributed by atoms with Crippen molar-refractivity contribution in [1.82, 2.24) is 0 Å². The standard InChI is InChI=1S/C76H46F6N2/c77-63-33-23-53(47-13-5-1-6-14-47)41-61(63)57-27-37-67(81)73(45-57)83(71-43-55(25-35-65(71)79)49-17-9-3-10-18-49)69-39-29-51-22-32-60-70(40-30-52-21-31-59(69)75(51)76(52)60)84(72-44-56(26-36-66(72)80)50-19-11-4-12-20-50)74-46-58(28-38-68(74)82)62-42-54(24-34-64(62)78)48-15-7-2-8-16-48/h1-46H. The van der Waals surface area contributed by atoms with E-state index in [2.05, 4.69) is 0 Å². The fourth-order valence-corrected chi connectivity index (χ4v) is 11.7. The van der Waals surface area contributed by atoms with E-state index in [1.807, 2.05) is 170 Å². The van der Waals surface area contributed by atoms with Crippen molar-refractivity contribution < 1.29 is 26.3 Å². The van der Waals surface area contributed by atoms with Gasteiger partial charge in [-0.2, -0.15) is 0 Å². The fraction of sp³-hybridized carbons (Fsp3) is 0. The summed E-state index contributed by atoms with van der Waals surface area (Å²) in [6, 6.07) is 81.0. The molecule has 0 fully saturated rings. The highest BCUT2D eigenvalue weighted by atomic mass is 19.1. The number of nitrogens with zero attached hydrogens (tertiary/aromatic N) is 2. The van der Waals surface area contributed by atoms with E-state index in [0.29, 0.717) is 55.2 Å². The van der Waals surface area contributed by atoms with E-state index in [9.17, 15) is 0 Å². The molecule has 84 heavy (non-hydrogen) atoms. The average molecular weight is 1100 g/mol. The van der Waals surface area contributed by atoms with Gasteiger partial charge in [0.15, 0.2) is 0 Å². The van der Waals surface area contributed by atoms with Crippen LogP contribution in [0.15, 0.2) is 279 Å². The lowest BCUT2D eigenvalue weighted by molar-refractivity contribution is 0.618. The van der Waals surface area contributed by atoms with E-state index in [4.69, 9.17) is 0 Å². The van der Waals surface area contributed by atoms with Crippen LogP contribution >= 0.6 is 0 Å². The summed E-state index contributed by atoms with van der Waals surface area (Å²) < 4.78 is 101. The van der Waals surface area contributed by atoms with Crippen molar-refractivity contribution in [1.29, 1.82) is 0 Å². The molecule has 0 heterocycles. The van der Waals surface area contributed by atoms with Crippen LogP contribution in [0.3, 0.4) is 0 Å². The van der Waals surface area contributed by atoms with Gasteiger partial charge in [0, 0.05) is 21.9 Å². The highest BCUT2D eigenvalue weighted by Crippen LogP contribution is 2.51. The zero-order valence-electron chi connectivity index (χ0n) is 44.7. The zero-order valence-corrected chi connectivity index (χ0v) is 44.7. The van der Waals surface area contributed by atoms with Crippen LogP contribution in [-0.2, 0) is 0 Å². The molecule has 0 bridgehead atoms. The molecule has 0 saturated carbocycles. The molecule has 402 valence electrons. The van der Waals surface area contributed by atoms with E-state index in [0.717, 1.165) is 44.2 Å². The van der Waals surface area contributed by atoms with Crippen molar-refractivity contribution in [2.45, 2.75) is 0 Å². The van der Waals surface area contributed by atoms with Crippen molar-refractivity contribution in [3.63, 3.8) is 0 Å². The van der Waals surface area contributed by atoms with Gasteiger partial charge in [-0.25, -0.2) is 26.3 Å². The summed E-state index contributed by atoms with van der Waals surface area (Å²) in [5, 5.41) is 4.17. The summed E-state index contributed by atoms with van der Waals surface area (Å²) in [5.74, 6) is -3.71. The van der Waals surface area contributed by atoms with Gasteiger partial charge in [0.2, 0.25) is 0 Å². The van der Waals surface area contributed by atoms with Gasteiger partial charge in [-0.1, -0.05) is 194 Å². The Kier molecular flexibility index (Phi) is 13.1. The Morgan fingerprint density at radius 1 is 0.190 bits per heavy atom. The summed E-state index contributed by atoms with van der Waals surface area (Å²) in [7, 11) is 0. The Morgan fingerprint density at radius 2 is 0.452 bits per heavy atom. The molecule has 0 aliphatic rings. The molecule has 0 N–H and O–H groups in total. The van der Waals surface area contributed by atoms with Gasteiger partial charge in [-0.05, 0) is 162 Å². The molecule has 0 spiro atoms. The minimum atomic E-state index is -0.692. The van der Waals surface area contributed by atoms with Gasteiger partial charge in [0.05, 0.1) is 34.1 Å². The molecule has 0 aliphatic heterocycles. The van der Waals surface area contributed by atoms with E-state index in [1.54, 1.807) is 70.5 Å². The highest BCUT2D eigenvalue weighted by molar-refractivity contribution is 6.28. The normalized spacial score (nSPS) is 11.5. The number of hydrogen-bond donors (Lipinski definition) is 0. The highest BCUT2D eigenvalue weighted by Gasteiger charge is 2.28. The molecule has 0 atom stereocenters. The largest absolute Gasteiger partial charge is 0.304 e. The molecule has 2 nitrogen and oxygen atoms in total. The molecule has 0 aliphatic carbocycles. The van der Waals surface area contributed by atoms with Gasteiger partial charge >= 0.3 is 0 Å². The topological polar surface area (TPSA) is 6.48 Å². The quantitative estimate of drug-likeness (QED) is 0.0889. The van der Waals surface area contributed by atoms with Gasteiger partial charge in [-0.3, -0.25) is 0 Å². The smallest absolute Gasteiger partial charge is 0.147 e. The van der Waals surface area contributed by atoms with Crippen LogP contribution < -0.4 is 9.80 Å². The summed E-state index contributed by atoms with van der Waals surface area (Å²) in [5.41, 5.74) is 8.14. The summed E-state index contributed by atoms with van der Waals surface area (Å²) in [6.07, 6.45) is 0. The van der Waals surface area contributed by atoms with Crippen LogP contribution in [0.5, 0.6) is 0 Å². The van der Waals surface area contributed by atoms with E-state index in [1.165, 1.54) is 48.5 Å². The Hall–Kier alpha value is -10.7. The Morgan fingerprint density at radius 3 is 0.774 bits per heavy atom. The van der Waals surface area contributed by atoms with Crippen LogP contribution in [0.2, 0.25) is 0 Å². The SMILES string of the molecule is Fc1ccc(-c2ccccc2)cc1-c1ccc(F)c(N(c2cc(-c3ccccc3)ccc2F)c2ccc3ccc4c(N(c5cc(-c6ccccc6)ccc5F)c5cc(-c6cc(-c7ccccc7)ccc6F)ccc5F)ccc5ccc2c3c54)c1. The van der Waals surface area contributed by atoms with Crippen molar-refractivity contribution in [2.75, 3.05) is 9.80 Å². The van der Waals surface area contributed by atoms with Crippen molar-refractivity contribution >= 4 is 66.4 Å². The second kappa shape index (κ2) is 21.3. The zero-order chi connectivity index (χ0) is 57.0. The molecule has 0 saturated heterocycles. The van der Waals surface area contributed by atoms with Crippen LogP contribution in [0.1, 0.15) is 0 Å². The maximum atomic E-state index is 17.3. The second-order valence-electron chi connectivity index (χ2n) is 20.8. The molecule has 0 radical (unpaired) electrons. The molecule has 0 aromatic heterocycles. The predicted molar refractivity (Wildman–Crippen MR) is 332 cm³/mol. The maximum absolute atomic E-state index is 17.3. The first-order valence-corrected chi connectivity index (χ1v) is 27.4. The van der Waals surface area contributed by atoms with Crippen LogP contribution in [0.4, 0.5) is 60.5 Å². The molecule has 14 rings (SSSR count). The summed E-state index contributed by atoms with van der Waals surface area (Å²) >= 11 is 0. The van der Waals surface area contributed by atoms with Gasteiger partial charge in [-0.15, -0.1) is 0 Å². The molecular weight excluding hydrogens is 1050 g/mol. The second-order valence-corrected chi connectivity index (χ2v) is 20.8. The minimum Gasteiger partial charge on any atom is -0.304 e. The third-order valence-corrected chi connectivity index (χ3v) is 15.8. The Bertz CT molecular complexity index is 4500. The van der Waals surface area contributed by atoms with E-state index < -0.39 is 34.9 Å². The van der Waals surface area contributed by atoms with Crippen molar-refractivity contribution in [3.05, 3.63) is 314 Å². The first-order valence-electron chi connectivity index (χ1n) is 27.4. The lowest BCUT2D eigenvalue weighted by Gasteiger charge is -2.30. The van der Waals surface area contributed by atoms with Crippen LogP contribution in [0, 0.1) is 34.9 Å². The predicted octanol–water partition coefficient (Wildman–Crippen LogP) is 22.4. The van der Waals surface area contributed by atoms with Gasteiger partial charge < -0.3 is 9.80 Å². The lowest BCUT2D eigenvalue weighted by atomic mass is 9.91. The molecule has 0 amide bonds. The lowest BCUT2D eigenvalue weighted by Crippen LogP contribution is -2.15. The molecular formula is C76H46F6N2. The van der Waals surface area contributed by atoms with E-state index >= 15 is 26.3 Å². The van der Waals surface area contributed by atoms with Crippen LogP contribution in [-0.4, -0.2) is 0 Å². The number of benzene rings is 14. The van der Waals surface area contributed by atoms with Gasteiger partial charge in [0.1, 0.15) is 34.9 Å². The number of hydrogen-bond acceptors (Lipinski definition) is 2. The number of halogens is 6. The van der Waals surface area contributed by atoms with Crippen molar-refractivity contribution in [2.24, 2.45) is 0 Å². The molecule has 14 aromatic rings. The average Bonchev–Trinajstić information content (AvgIpc) is 2.59. The van der Waals surface area contributed by atoms with E-state index in [-0.39, 0.29) is 33.9 Å². The third kappa shape index (κ3) is 9.24. The third-order valence-electron chi connectivity index (χ3n) is 15.8. The van der Waals surface area contributed by atoms with Gasteiger partial charge in [0.25, 0.3) is 0 Å². The number of anilines is 6. The molecule has 0 unspecified atom stereocenters. The number of rotatable bonds is 12. The van der Waals surface area contributed by atoms with Crippen LogP contribution in [0.25, 0.3) is 99.1 Å². The summed E-state index contributed by atoms with van der Waals surface area (Å²) in [4.78, 5) is 3.10. The first kappa shape index (κ1) is 51.4. The fourth-order valence-electron chi connectivity index (χ4n) is 11.7. The maximum Gasteiger partial charge on any atom is 0.147 e. The monoisotopic (exact) mass is 1100 g/mol. The Labute approximate surface area is 481 Å². The molecule has 14 aromatic carbocycles. The molecule has 8 heteroatoms. The van der Waals surface area contributed by atoms with Crippen molar-refractivity contribution in [3.8, 4) is 66.8 Å².